The number of ether oxygens (including phenoxy) is 1. The third-order valence-electron chi connectivity index (χ3n) is 3.50. The monoisotopic (exact) mass is 278 g/mol. The Balaban J connectivity index is 1.86. The number of aryl methyl sites for hydroxylation is 2. The first-order chi connectivity index (χ1) is 10.1. The lowest BCUT2D eigenvalue weighted by atomic mass is 10.1. The van der Waals surface area contributed by atoms with Gasteiger partial charge in [-0.05, 0) is 42.3 Å². The van der Waals surface area contributed by atoms with Gasteiger partial charge in [0.15, 0.2) is 11.5 Å². The molecule has 0 fully saturated rings. The second-order valence-electron chi connectivity index (χ2n) is 5.45. The zero-order valence-electron chi connectivity index (χ0n) is 12.3. The summed E-state index contributed by atoms with van der Waals surface area (Å²) in [7, 11) is 0. The molecule has 0 bridgehead atoms. The van der Waals surface area contributed by atoms with Gasteiger partial charge in [-0.25, -0.2) is 0 Å². The molecule has 0 spiro atoms. The quantitative estimate of drug-likeness (QED) is 0.749. The average molecular weight is 278 g/mol. The van der Waals surface area contributed by atoms with Crippen LogP contribution in [0.1, 0.15) is 16.7 Å². The number of phenols is 1. The molecule has 0 atom stereocenters. The molecule has 0 aliphatic carbocycles. The fraction of sp³-hybridized carbons (Fsp3) is 0.158. The SMILES string of the molecule is Cc1cc(C)cc(COc2cc3ccccc3cc2O)c1. The van der Waals surface area contributed by atoms with E-state index in [2.05, 4.69) is 32.0 Å². The van der Waals surface area contributed by atoms with E-state index in [9.17, 15) is 5.11 Å². The van der Waals surface area contributed by atoms with Gasteiger partial charge in [0.2, 0.25) is 0 Å². The van der Waals surface area contributed by atoms with Crippen molar-refractivity contribution >= 4 is 10.8 Å². The van der Waals surface area contributed by atoms with Crippen LogP contribution in [0.15, 0.2) is 54.6 Å². The first-order valence-electron chi connectivity index (χ1n) is 7.03. The maximum absolute atomic E-state index is 10.1. The van der Waals surface area contributed by atoms with Crippen molar-refractivity contribution in [3.63, 3.8) is 0 Å². The molecule has 0 aliphatic heterocycles. The summed E-state index contributed by atoms with van der Waals surface area (Å²) in [4.78, 5) is 0. The Morgan fingerprint density at radius 3 is 2.14 bits per heavy atom. The molecule has 106 valence electrons. The van der Waals surface area contributed by atoms with Gasteiger partial charge in [0.1, 0.15) is 6.61 Å². The molecule has 0 saturated carbocycles. The number of aromatic hydroxyl groups is 1. The zero-order chi connectivity index (χ0) is 14.8. The van der Waals surface area contributed by atoms with E-state index in [-0.39, 0.29) is 5.75 Å². The topological polar surface area (TPSA) is 29.5 Å². The minimum atomic E-state index is 0.179. The van der Waals surface area contributed by atoms with Gasteiger partial charge in [-0.15, -0.1) is 0 Å². The van der Waals surface area contributed by atoms with Crippen molar-refractivity contribution < 1.29 is 9.84 Å². The highest BCUT2D eigenvalue weighted by atomic mass is 16.5. The van der Waals surface area contributed by atoms with E-state index in [1.54, 1.807) is 6.07 Å². The Kier molecular flexibility index (Phi) is 3.53. The standard InChI is InChI=1S/C19H18O2/c1-13-7-14(2)9-15(8-13)12-21-19-11-17-6-4-3-5-16(17)10-18(19)20/h3-11,20H,12H2,1-2H3. The first kappa shape index (κ1) is 13.5. The van der Waals surface area contributed by atoms with Crippen molar-refractivity contribution in [1.82, 2.24) is 0 Å². The van der Waals surface area contributed by atoms with Gasteiger partial charge in [0.05, 0.1) is 0 Å². The maximum Gasteiger partial charge on any atom is 0.162 e. The van der Waals surface area contributed by atoms with Crippen molar-refractivity contribution in [3.05, 3.63) is 71.3 Å². The van der Waals surface area contributed by atoms with Crippen molar-refractivity contribution in [3.8, 4) is 11.5 Å². The highest BCUT2D eigenvalue weighted by molar-refractivity contribution is 5.85. The molecule has 3 aromatic carbocycles. The molecular formula is C19H18O2. The zero-order valence-corrected chi connectivity index (χ0v) is 12.3. The predicted octanol–water partition coefficient (Wildman–Crippen LogP) is 4.74. The van der Waals surface area contributed by atoms with Gasteiger partial charge >= 0.3 is 0 Å². The van der Waals surface area contributed by atoms with E-state index in [0.717, 1.165) is 16.3 Å². The fourth-order valence-electron chi connectivity index (χ4n) is 2.64. The van der Waals surface area contributed by atoms with Gasteiger partial charge in [-0.1, -0.05) is 53.6 Å². The molecule has 2 nitrogen and oxygen atoms in total. The Morgan fingerprint density at radius 2 is 1.48 bits per heavy atom. The van der Waals surface area contributed by atoms with Crippen molar-refractivity contribution in [2.75, 3.05) is 0 Å². The van der Waals surface area contributed by atoms with Crippen molar-refractivity contribution in [2.24, 2.45) is 0 Å². The Hall–Kier alpha value is -2.48. The van der Waals surface area contributed by atoms with Gasteiger partial charge in [0.25, 0.3) is 0 Å². The lowest BCUT2D eigenvalue weighted by Gasteiger charge is -2.11. The van der Waals surface area contributed by atoms with Crippen LogP contribution in [-0.2, 0) is 6.61 Å². The molecule has 1 N–H and O–H groups in total. The van der Waals surface area contributed by atoms with Crippen LogP contribution >= 0.6 is 0 Å². The van der Waals surface area contributed by atoms with E-state index < -0.39 is 0 Å². The van der Waals surface area contributed by atoms with Crippen LogP contribution in [0.5, 0.6) is 11.5 Å². The second kappa shape index (κ2) is 5.49. The maximum atomic E-state index is 10.1. The number of fused-ring (bicyclic) bond motifs is 1. The molecule has 2 heteroatoms. The van der Waals surface area contributed by atoms with Crippen molar-refractivity contribution in [2.45, 2.75) is 20.5 Å². The third kappa shape index (κ3) is 3.00. The molecule has 0 unspecified atom stereocenters. The number of hydrogen-bond donors (Lipinski definition) is 1. The minimum absolute atomic E-state index is 0.179. The predicted molar refractivity (Wildman–Crippen MR) is 85.9 cm³/mol. The fourth-order valence-corrected chi connectivity index (χ4v) is 2.64. The summed E-state index contributed by atoms with van der Waals surface area (Å²) in [5, 5.41) is 12.1. The Bertz CT molecular complexity index is 770. The Morgan fingerprint density at radius 1 is 0.857 bits per heavy atom. The lowest BCUT2D eigenvalue weighted by molar-refractivity contribution is 0.289. The van der Waals surface area contributed by atoms with E-state index in [1.807, 2.05) is 30.3 Å². The van der Waals surface area contributed by atoms with Crippen LogP contribution in [-0.4, -0.2) is 5.11 Å². The molecule has 21 heavy (non-hydrogen) atoms. The third-order valence-corrected chi connectivity index (χ3v) is 3.50. The van der Waals surface area contributed by atoms with Crippen LogP contribution in [0.4, 0.5) is 0 Å². The number of rotatable bonds is 3. The van der Waals surface area contributed by atoms with Gasteiger partial charge in [-0.2, -0.15) is 0 Å². The largest absolute Gasteiger partial charge is 0.504 e. The highest BCUT2D eigenvalue weighted by Gasteiger charge is 2.06. The summed E-state index contributed by atoms with van der Waals surface area (Å²) in [6.07, 6.45) is 0. The molecule has 0 aliphatic rings. The molecule has 0 heterocycles. The summed E-state index contributed by atoms with van der Waals surface area (Å²) in [6.45, 7) is 4.60. The normalized spacial score (nSPS) is 10.8. The number of phenolic OH excluding ortho intramolecular Hbond substituents is 1. The van der Waals surface area contributed by atoms with Crippen LogP contribution in [0, 0.1) is 13.8 Å². The molecule has 0 radical (unpaired) electrons. The molecule has 3 aromatic rings. The van der Waals surface area contributed by atoms with Gasteiger partial charge < -0.3 is 9.84 Å². The second-order valence-corrected chi connectivity index (χ2v) is 5.45. The molecule has 0 aromatic heterocycles. The van der Waals surface area contributed by atoms with Crippen LogP contribution in [0.2, 0.25) is 0 Å². The van der Waals surface area contributed by atoms with Crippen LogP contribution in [0.25, 0.3) is 10.8 Å². The molecule has 3 rings (SSSR count). The summed E-state index contributed by atoms with van der Waals surface area (Å²) >= 11 is 0. The lowest BCUT2D eigenvalue weighted by Crippen LogP contribution is -1.97. The average Bonchev–Trinajstić information content (AvgIpc) is 2.44. The summed E-state index contributed by atoms with van der Waals surface area (Å²) in [5.41, 5.74) is 3.55. The summed E-state index contributed by atoms with van der Waals surface area (Å²) in [5.74, 6) is 0.700. The number of hydrogen-bond acceptors (Lipinski definition) is 2. The van der Waals surface area contributed by atoms with E-state index >= 15 is 0 Å². The summed E-state index contributed by atoms with van der Waals surface area (Å²) < 4.78 is 5.79. The summed E-state index contributed by atoms with van der Waals surface area (Å²) in [6, 6.07) is 17.9. The molecular weight excluding hydrogens is 260 g/mol. The van der Waals surface area contributed by atoms with Gasteiger partial charge in [0, 0.05) is 0 Å². The van der Waals surface area contributed by atoms with Crippen LogP contribution < -0.4 is 4.74 Å². The molecule has 0 amide bonds. The molecule has 0 saturated heterocycles. The van der Waals surface area contributed by atoms with E-state index in [0.29, 0.717) is 12.4 Å². The van der Waals surface area contributed by atoms with Crippen LogP contribution in [0.3, 0.4) is 0 Å². The van der Waals surface area contributed by atoms with E-state index in [4.69, 9.17) is 4.74 Å². The minimum Gasteiger partial charge on any atom is -0.504 e. The first-order valence-corrected chi connectivity index (χ1v) is 7.03. The number of benzene rings is 3. The Labute approximate surface area is 124 Å². The van der Waals surface area contributed by atoms with Gasteiger partial charge in [-0.3, -0.25) is 0 Å². The smallest absolute Gasteiger partial charge is 0.162 e. The highest BCUT2D eigenvalue weighted by Crippen LogP contribution is 2.31. The van der Waals surface area contributed by atoms with E-state index in [1.165, 1.54) is 11.1 Å². The van der Waals surface area contributed by atoms with Crippen molar-refractivity contribution in [1.29, 1.82) is 0 Å².